The molecular formula is C13H17NO3. The SMILES string of the molecule is COc1ccccc1[C@H]1C[C@@H](C)N(C(=O)O)C1. The third-order valence-corrected chi connectivity index (χ3v) is 3.40. The molecule has 1 amide bonds. The number of methoxy groups -OCH3 is 1. The summed E-state index contributed by atoms with van der Waals surface area (Å²) < 4.78 is 5.32. The van der Waals surface area contributed by atoms with E-state index in [4.69, 9.17) is 9.84 Å². The molecule has 1 aliphatic rings. The summed E-state index contributed by atoms with van der Waals surface area (Å²) in [6, 6.07) is 7.90. The van der Waals surface area contributed by atoms with Crippen molar-refractivity contribution < 1.29 is 14.6 Å². The highest BCUT2D eigenvalue weighted by atomic mass is 16.5. The van der Waals surface area contributed by atoms with Crippen molar-refractivity contribution in [2.45, 2.75) is 25.3 Å². The van der Waals surface area contributed by atoms with Crippen LogP contribution >= 0.6 is 0 Å². The van der Waals surface area contributed by atoms with Crippen molar-refractivity contribution in [3.63, 3.8) is 0 Å². The Labute approximate surface area is 101 Å². The molecule has 2 rings (SSSR count). The molecule has 1 saturated heterocycles. The minimum atomic E-state index is -0.838. The summed E-state index contributed by atoms with van der Waals surface area (Å²) in [5, 5.41) is 9.07. The van der Waals surface area contributed by atoms with Gasteiger partial charge in [0.1, 0.15) is 5.75 Å². The normalized spacial score (nSPS) is 23.8. The summed E-state index contributed by atoms with van der Waals surface area (Å²) in [5.74, 6) is 1.08. The maximum atomic E-state index is 11.0. The fraction of sp³-hybridized carbons (Fsp3) is 0.462. The van der Waals surface area contributed by atoms with E-state index in [1.807, 2.05) is 31.2 Å². The van der Waals surface area contributed by atoms with E-state index in [1.165, 1.54) is 4.90 Å². The Morgan fingerprint density at radius 2 is 2.18 bits per heavy atom. The highest BCUT2D eigenvalue weighted by molar-refractivity contribution is 5.66. The quantitative estimate of drug-likeness (QED) is 0.857. The van der Waals surface area contributed by atoms with Gasteiger partial charge in [-0.1, -0.05) is 18.2 Å². The largest absolute Gasteiger partial charge is 0.496 e. The summed E-state index contributed by atoms with van der Waals surface area (Å²) >= 11 is 0. The second-order valence-electron chi connectivity index (χ2n) is 4.46. The summed E-state index contributed by atoms with van der Waals surface area (Å²) in [6.45, 7) is 2.50. The first-order chi connectivity index (χ1) is 8.13. The highest BCUT2D eigenvalue weighted by Gasteiger charge is 2.34. The molecule has 1 fully saturated rings. The monoisotopic (exact) mass is 235 g/mol. The fourth-order valence-corrected chi connectivity index (χ4v) is 2.53. The summed E-state index contributed by atoms with van der Waals surface area (Å²) in [4.78, 5) is 12.5. The lowest BCUT2D eigenvalue weighted by Crippen LogP contribution is -2.32. The topological polar surface area (TPSA) is 49.8 Å². The molecule has 0 aromatic heterocycles. The van der Waals surface area contributed by atoms with Crippen LogP contribution in [0.1, 0.15) is 24.8 Å². The summed E-state index contributed by atoms with van der Waals surface area (Å²) in [7, 11) is 1.65. The van der Waals surface area contributed by atoms with Crippen LogP contribution in [0.2, 0.25) is 0 Å². The molecule has 0 radical (unpaired) electrons. The van der Waals surface area contributed by atoms with Crippen LogP contribution in [0.3, 0.4) is 0 Å². The van der Waals surface area contributed by atoms with Gasteiger partial charge in [0, 0.05) is 18.5 Å². The fourth-order valence-electron chi connectivity index (χ4n) is 2.53. The van der Waals surface area contributed by atoms with E-state index in [0.29, 0.717) is 6.54 Å². The van der Waals surface area contributed by atoms with Gasteiger partial charge < -0.3 is 14.7 Å². The number of para-hydroxylation sites is 1. The zero-order valence-electron chi connectivity index (χ0n) is 10.1. The van der Waals surface area contributed by atoms with Crippen LogP contribution < -0.4 is 4.74 Å². The van der Waals surface area contributed by atoms with Gasteiger partial charge >= 0.3 is 6.09 Å². The molecule has 92 valence electrons. The average Bonchev–Trinajstić information content (AvgIpc) is 2.71. The van der Waals surface area contributed by atoms with Crippen LogP contribution in [-0.2, 0) is 0 Å². The number of benzene rings is 1. The van der Waals surface area contributed by atoms with E-state index in [0.717, 1.165) is 17.7 Å². The van der Waals surface area contributed by atoms with Crippen molar-refractivity contribution in [1.82, 2.24) is 4.90 Å². The minimum absolute atomic E-state index is 0.0717. The Balaban J connectivity index is 2.22. The number of carbonyl (C=O) groups is 1. The lowest BCUT2D eigenvalue weighted by atomic mass is 9.96. The van der Waals surface area contributed by atoms with E-state index < -0.39 is 6.09 Å². The van der Waals surface area contributed by atoms with Crippen molar-refractivity contribution in [2.24, 2.45) is 0 Å². The molecule has 1 aromatic carbocycles. The van der Waals surface area contributed by atoms with Gasteiger partial charge in [-0.3, -0.25) is 0 Å². The van der Waals surface area contributed by atoms with Gasteiger partial charge in [0.2, 0.25) is 0 Å². The zero-order chi connectivity index (χ0) is 12.4. The molecule has 0 spiro atoms. The Kier molecular flexibility index (Phi) is 3.22. The third-order valence-electron chi connectivity index (χ3n) is 3.40. The van der Waals surface area contributed by atoms with Gasteiger partial charge in [-0.2, -0.15) is 0 Å². The molecule has 2 atom stereocenters. The molecule has 4 heteroatoms. The molecular weight excluding hydrogens is 218 g/mol. The first-order valence-corrected chi connectivity index (χ1v) is 5.76. The molecule has 17 heavy (non-hydrogen) atoms. The predicted molar refractivity (Wildman–Crippen MR) is 64.5 cm³/mol. The van der Waals surface area contributed by atoms with E-state index in [2.05, 4.69) is 0 Å². The molecule has 0 aliphatic carbocycles. The molecule has 0 saturated carbocycles. The Hall–Kier alpha value is -1.71. The Morgan fingerprint density at radius 1 is 1.47 bits per heavy atom. The average molecular weight is 235 g/mol. The van der Waals surface area contributed by atoms with Crippen LogP contribution in [-0.4, -0.2) is 35.8 Å². The second-order valence-corrected chi connectivity index (χ2v) is 4.46. The standard InChI is InChI=1S/C13H17NO3/c1-9-7-10(8-14(9)13(15)16)11-5-3-4-6-12(11)17-2/h3-6,9-10H,7-8H2,1-2H3,(H,15,16)/t9-,10+/m1/s1. The van der Waals surface area contributed by atoms with Crippen molar-refractivity contribution in [1.29, 1.82) is 0 Å². The van der Waals surface area contributed by atoms with Gasteiger partial charge in [0.15, 0.2) is 0 Å². The van der Waals surface area contributed by atoms with Gasteiger partial charge in [0.05, 0.1) is 7.11 Å². The lowest BCUT2D eigenvalue weighted by molar-refractivity contribution is 0.143. The number of amides is 1. The first-order valence-electron chi connectivity index (χ1n) is 5.76. The van der Waals surface area contributed by atoms with Crippen molar-refractivity contribution in [3.8, 4) is 5.75 Å². The summed E-state index contributed by atoms with van der Waals surface area (Å²) in [6.07, 6.45) is 0.0158. The van der Waals surface area contributed by atoms with Gasteiger partial charge in [-0.05, 0) is 25.0 Å². The van der Waals surface area contributed by atoms with Crippen molar-refractivity contribution in [2.75, 3.05) is 13.7 Å². The number of hydrogen-bond donors (Lipinski definition) is 1. The van der Waals surface area contributed by atoms with Crippen LogP contribution in [0, 0.1) is 0 Å². The molecule has 4 nitrogen and oxygen atoms in total. The molecule has 1 heterocycles. The van der Waals surface area contributed by atoms with Crippen LogP contribution in [0.15, 0.2) is 24.3 Å². The highest BCUT2D eigenvalue weighted by Crippen LogP contribution is 2.36. The van der Waals surface area contributed by atoms with E-state index in [9.17, 15) is 4.79 Å². The van der Waals surface area contributed by atoms with Gasteiger partial charge in [-0.15, -0.1) is 0 Å². The number of nitrogens with zero attached hydrogens (tertiary/aromatic N) is 1. The maximum Gasteiger partial charge on any atom is 0.407 e. The maximum absolute atomic E-state index is 11.0. The summed E-state index contributed by atoms with van der Waals surface area (Å²) in [5.41, 5.74) is 1.10. The number of rotatable bonds is 2. The number of likely N-dealkylation sites (tertiary alicyclic amines) is 1. The Morgan fingerprint density at radius 3 is 2.76 bits per heavy atom. The smallest absolute Gasteiger partial charge is 0.407 e. The predicted octanol–water partition coefficient (Wildman–Crippen LogP) is 2.55. The van der Waals surface area contributed by atoms with E-state index in [1.54, 1.807) is 7.11 Å². The van der Waals surface area contributed by atoms with Crippen LogP contribution in [0.4, 0.5) is 4.79 Å². The molecule has 1 N–H and O–H groups in total. The van der Waals surface area contributed by atoms with E-state index >= 15 is 0 Å². The molecule has 1 aliphatic heterocycles. The Bertz CT molecular complexity index is 419. The van der Waals surface area contributed by atoms with Crippen molar-refractivity contribution >= 4 is 6.09 Å². The number of ether oxygens (including phenoxy) is 1. The molecule has 0 unspecified atom stereocenters. The molecule has 1 aromatic rings. The zero-order valence-corrected chi connectivity index (χ0v) is 10.1. The van der Waals surface area contributed by atoms with Crippen LogP contribution in [0.5, 0.6) is 5.75 Å². The number of hydrogen-bond acceptors (Lipinski definition) is 2. The van der Waals surface area contributed by atoms with Gasteiger partial charge in [0.25, 0.3) is 0 Å². The lowest BCUT2D eigenvalue weighted by Gasteiger charge is -2.17. The minimum Gasteiger partial charge on any atom is -0.496 e. The molecule has 0 bridgehead atoms. The van der Waals surface area contributed by atoms with Crippen LogP contribution in [0.25, 0.3) is 0 Å². The third kappa shape index (κ3) is 2.20. The van der Waals surface area contributed by atoms with E-state index in [-0.39, 0.29) is 12.0 Å². The second kappa shape index (κ2) is 4.65. The number of carboxylic acid groups (broad SMARTS) is 1. The first kappa shape index (κ1) is 11.8. The van der Waals surface area contributed by atoms with Crippen molar-refractivity contribution in [3.05, 3.63) is 29.8 Å². The van der Waals surface area contributed by atoms with Gasteiger partial charge in [-0.25, -0.2) is 4.79 Å².